The SMILES string of the molecule is CC(O)C(C)(C)NC(=O)Cc1ccc(N)cc1. The molecule has 4 nitrogen and oxygen atoms in total. The highest BCUT2D eigenvalue weighted by atomic mass is 16.3. The minimum Gasteiger partial charge on any atom is -0.399 e. The molecular weight excluding hydrogens is 216 g/mol. The molecule has 17 heavy (non-hydrogen) atoms. The van der Waals surface area contributed by atoms with Crippen LogP contribution in [0.4, 0.5) is 5.69 Å². The largest absolute Gasteiger partial charge is 0.399 e. The van der Waals surface area contributed by atoms with E-state index < -0.39 is 11.6 Å². The number of aliphatic hydroxyl groups is 1. The van der Waals surface area contributed by atoms with Crippen molar-refractivity contribution in [1.29, 1.82) is 0 Å². The molecule has 0 aliphatic rings. The molecule has 4 heteroatoms. The zero-order chi connectivity index (χ0) is 13.1. The summed E-state index contributed by atoms with van der Waals surface area (Å²) in [6, 6.07) is 7.18. The number of anilines is 1. The molecular formula is C13H20N2O2. The van der Waals surface area contributed by atoms with Gasteiger partial charge in [-0.25, -0.2) is 0 Å². The van der Waals surface area contributed by atoms with Gasteiger partial charge in [0.1, 0.15) is 0 Å². The number of benzene rings is 1. The van der Waals surface area contributed by atoms with Gasteiger partial charge in [0.15, 0.2) is 0 Å². The summed E-state index contributed by atoms with van der Waals surface area (Å²) in [4.78, 5) is 11.8. The fraction of sp³-hybridized carbons (Fsp3) is 0.462. The summed E-state index contributed by atoms with van der Waals surface area (Å²) in [6.45, 7) is 5.24. The van der Waals surface area contributed by atoms with Crippen LogP contribution in [0.2, 0.25) is 0 Å². The summed E-state index contributed by atoms with van der Waals surface area (Å²) in [5.74, 6) is -0.110. The van der Waals surface area contributed by atoms with E-state index in [9.17, 15) is 9.90 Å². The second kappa shape index (κ2) is 5.19. The summed E-state index contributed by atoms with van der Waals surface area (Å²) in [6.07, 6.45) is -0.311. The van der Waals surface area contributed by atoms with E-state index >= 15 is 0 Å². The third-order valence-electron chi connectivity index (χ3n) is 2.85. The van der Waals surface area contributed by atoms with Crippen molar-refractivity contribution in [3.05, 3.63) is 29.8 Å². The van der Waals surface area contributed by atoms with Gasteiger partial charge in [-0.15, -0.1) is 0 Å². The normalized spacial score (nSPS) is 13.2. The molecule has 1 unspecified atom stereocenters. The monoisotopic (exact) mass is 236 g/mol. The van der Waals surface area contributed by atoms with Crippen molar-refractivity contribution >= 4 is 11.6 Å². The number of carbonyl (C=O) groups is 1. The highest BCUT2D eigenvalue weighted by Gasteiger charge is 2.25. The molecule has 4 N–H and O–H groups in total. The highest BCUT2D eigenvalue weighted by Crippen LogP contribution is 2.10. The Morgan fingerprint density at radius 2 is 1.94 bits per heavy atom. The first-order valence-corrected chi connectivity index (χ1v) is 5.65. The maximum absolute atomic E-state index is 11.8. The number of nitrogens with two attached hydrogens (primary N) is 1. The number of hydrogen-bond acceptors (Lipinski definition) is 3. The molecule has 0 aliphatic carbocycles. The van der Waals surface area contributed by atoms with Crippen molar-refractivity contribution in [1.82, 2.24) is 5.32 Å². The van der Waals surface area contributed by atoms with E-state index in [1.54, 1.807) is 32.9 Å². The van der Waals surface area contributed by atoms with Gasteiger partial charge in [0.05, 0.1) is 18.1 Å². The van der Waals surface area contributed by atoms with Crippen LogP contribution in [0.15, 0.2) is 24.3 Å². The molecule has 94 valence electrons. The van der Waals surface area contributed by atoms with E-state index in [-0.39, 0.29) is 12.3 Å². The lowest BCUT2D eigenvalue weighted by atomic mass is 9.98. The summed E-state index contributed by atoms with van der Waals surface area (Å²) in [5.41, 5.74) is 6.53. The van der Waals surface area contributed by atoms with Crippen LogP contribution >= 0.6 is 0 Å². The van der Waals surface area contributed by atoms with E-state index in [2.05, 4.69) is 5.32 Å². The van der Waals surface area contributed by atoms with Crippen LogP contribution in [0.5, 0.6) is 0 Å². The van der Waals surface area contributed by atoms with Crippen molar-refractivity contribution in [2.24, 2.45) is 0 Å². The maximum atomic E-state index is 11.8. The Balaban J connectivity index is 2.59. The first kappa shape index (κ1) is 13.5. The van der Waals surface area contributed by atoms with Crippen LogP contribution in [0.3, 0.4) is 0 Å². The smallest absolute Gasteiger partial charge is 0.224 e. The predicted octanol–water partition coefficient (Wildman–Crippen LogP) is 1.09. The second-order valence-corrected chi connectivity index (χ2v) is 4.86. The summed E-state index contributed by atoms with van der Waals surface area (Å²) >= 11 is 0. The third-order valence-corrected chi connectivity index (χ3v) is 2.85. The van der Waals surface area contributed by atoms with Gasteiger partial charge in [-0.05, 0) is 38.5 Å². The Morgan fingerprint density at radius 3 is 2.41 bits per heavy atom. The molecule has 1 rings (SSSR count). The quantitative estimate of drug-likeness (QED) is 0.685. The van der Waals surface area contributed by atoms with Crippen LogP contribution in [0, 0.1) is 0 Å². The fourth-order valence-electron chi connectivity index (χ4n) is 1.33. The summed E-state index contributed by atoms with van der Waals surface area (Å²) in [7, 11) is 0. The Kier molecular flexibility index (Phi) is 4.12. The highest BCUT2D eigenvalue weighted by molar-refractivity contribution is 5.79. The van der Waals surface area contributed by atoms with E-state index in [4.69, 9.17) is 5.73 Å². The number of hydrogen-bond donors (Lipinski definition) is 3. The Bertz CT molecular complexity index is 383. The Hall–Kier alpha value is -1.55. The molecule has 1 aromatic carbocycles. The van der Waals surface area contributed by atoms with Crippen molar-refractivity contribution in [2.75, 3.05) is 5.73 Å². The molecule has 1 atom stereocenters. The van der Waals surface area contributed by atoms with Gasteiger partial charge < -0.3 is 16.2 Å². The molecule has 0 saturated carbocycles. The van der Waals surface area contributed by atoms with Crippen LogP contribution in [-0.4, -0.2) is 22.7 Å². The Labute approximate surface area is 102 Å². The average molecular weight is 236 g/mol. The number of amides is 1. The van der Waals surface area contributed by atoms with Crippen molar-refractivity contribution < 1.29 is 9.90 Å². The van der Waals surface area contributed by atoms with E-state index in [0.717, 1.165) is 5.56 Å². The van der Waals surface area contributed by atoms with Gasteiger partial charge in [0.25, 0.3) is 0 Å². The van der Waals surface area contributed by atoms with Crippen LogP contribution in [0.25, 0.3) is 0 Å². The molecule has 0 saturated heterocycles. The zero-order valence-electron chi connectivity index (χ0n) is 10.5. The van der Waals surface area contributed by atoms with Gasteiger partial charge >= 0.3 is 0 Å². The van der Waals surface area contributed by atoms with Crippen LogP contribution in [-0.2, 0) is 11.2 Å². The number of carbonyl (C=O) groups excluding carboxylic acids is 1. The first-order valence-electron chi connectivity index (χ1n) is 5.65. The minimum absolute atomic E-state index is 0.110. The van der Waals surface area contributed by atoms with E-state index in [1.165, 1.54) is 0 Å². The van der Waals surface area contributed by atoms with Crippen molar-refractivity contribution in [2.45, 2.75) is 38.8 Å². The first-order chi connectivity index (χ1) is 7.81. The molecule has 0 radical (unpaired) electrons. The van der Waals surface area contributed by atoms with Crippen LogP contribution in [0.1, 0.15) is 26.3 Å². The number of aliphatic hydroxyl groups excluding tert-OH is 1. The standard InChI is InChI=1S/C13H20N2O2/c1-9(16)13(2,3)15-12(17)8-10-4-6-11(14)7-5-10/h4-7,9,16H,8,14H2,1-3H3,(H,15,17). The van der Waals surface area contributed by atoms with Gasteiger partial charge in [0, 0.05) is 5.69 Å². The molecule has 0 aliphatic heterocycles. The van der Waals surface area contributed by atoms with E-state index in [1.807, 2.05) is 12.1 Å². The average Bonchev–Trinajstić information content (AvgIpc) is 2.20. The zero-order valence-corrected chi connectivity index (χ0v) is 10.5. The molecule has 0 spiro atoms. The molecule has 0 aromatic heterocycles. The second-order valence-electron chi connectivity index (χ2n) is 4.86. The fourth-order valence-corrected chi connectivity index (χ4v) is 1.33. The number of nitrogens with one attached hydrogen (secondary N) is 1. The summed E-state index contributed by atoms with van der Waals surface area (Å²) < 4.78 is 0. The summed E-state index contributed by atoms with van der Waals surface area (Å²) in [5, 5.41) is 12.3. The van der Waals surface area contributed by atoms with Gasteiger partial charge in [-0.1, -0.05) is 12.1 Å². The van der Waals surface area contributed by atoms with Crippen molar-refractivity contribution in [3.63, 3.8) is 0 Å². The minimum atomic E-state index is -0.620. The lowest BCUT2D eigenvalue weighted by Gasteiger charge is -2.29. The van der Waals surface area contributed by atoms with Gasteiger partial charge in [-0.2, -0.15) is 0 Å². The molecule has 0 bridgehead atoms. The third kappa shape index (κ3) is 4.07. The lowest BCUT2D eigenvalue weighted by molar-refractivity contribution is -0.123. The number of nitrogen functional groups attached to an aromatic ring is 1. The van der Waals surface area contributed by atoms with Crippen LogP contribution < -0.4 is 11.1 Å². The van der Waals surface area contributed by atoms with Crippen molar-refractivity contribution in [3.8, 4) is 0 Å². The molecule has 1 aromatic rings. The predicted molar refractivity (Wildman–Crippen MR) is 68.5 cm³/mol. The van der Waals surface area contributed by atoms with E-state index in [0.29, 0.717) is 5.69 Å². The van der Waals surface area contributed by atoms with Gasteiger partial charge in [0.2, 0.25) is 5.91 Å². The lowest BCUT2D eigenvalue weighted by Crippen LogP contribution is -2.51. The topological polar surface area (TPSA) is 75.3 Å². The maximum Gasteiger partial charge on any atom is 0.224 e. The Morgan fingerprint density at radius 1 is 1.41 bits per heavy atom. The number of rotatable bonds is 4. The molecule has 0 heterocycles. The molecule has 1 amide bonds. The molecule has 0 fully saturated rings. The van der Waals surface area contributed by atoms with Gasteiger partial charge in [-0.3, -0.25) is 4.79 Å².